The quantitative estimate of drug-likeness (QED) is 0.876. The number of nitrogens with two attached hydrogens (primary N) is 1. The molecule has 1 aliphatic heterocycles. The molecule has 3 N–H and O–H groups in total. The predicted octanol–water partition coefficient (Wildman–Crippen LogP) is 3.45. The van der Waals surface area contributed by atoms with Crippen LogP contribution in [0.25, 0.3) is 0 Å². The Morgan fingerprint density at radius 1 is 1.05 bits per heavy atom. The summed E-state index contributed by atoms with van der Waals surface area (Å²) in [7, 11) is 0. The second-order valence-electron chi connectivity index (χ2n) is 6.74. The Morgan fingerprint density at radius 2 is 1.55 bits per heavy atom. The summed E-state index contributed by atoms with van der Waals surface area (Å²) in [6.45, 7) is 8.85. The highest BCUT2D eigenvalue weighted by Crippen LogP contribution is 2.25. The van der Waals surface area contributed by atoms with Crippen molar-refractivity contribution in [1.29, 1.82) is 0 Å². The van der Waals surface area contributed by atoms with Gasteiger partial charge in [0.25, 0.3) is 0 Å². The van der Waals surface area contributed by atoms with Crippen LogP contribution in [0, 0.1) is 0 Å². The Kier molecular flexibility index (Phi) is 7.54. The van der Waals surface area contributed by atoms with Gasteiger partial charge in [0, 0.05) is 5.54 Å². The fourth-order valence-electron chi connectivity index (χ4n) is 2.63. The van der Waals surface area contributed by atoms with Gasteiger partial charge in [0.15, 0.2) is 0 Å². The van der Waals surface area contributed by atoms with Gasteiger partial charge in [0.2, 0.25) is 0 Å². The number of rotatable bonds is 2. The molecule has 0 bridgehead atoms. The minimum absolute atomic E-state index is 0. The lowest BCUT2D eigenvalue weighted by molar-refractivity contribution is 0.308. The Morgan fingerprint density at radius 3 is 2.00 bits per heavy atom. The van der Waals surface area contributed by atoms with Crippen LogP contribution < -0.4 is 11.1 Å². The molecule has 0 aromatic heterocycles. The van der Waals surface area contributed by atoms with E-state index in [-0.39, 0.29) is 35.8 Å². The van der Waals surface area contributed by atoms with Gasteiger partial charge in [0.05, 0.1) is 0 Å². The maximum absolute atomic E-state index is 6.47. The van der Waals surface area contributed by atoms with Crippen molar-refractivity contribution in [1.82, 2.24) is 5.32 Å². The average molecular weight is 319 g/mol. The summed E-state index contributed by atoms with van der Waals surface area (Å²) < 4.78 is 0. The minimum atomic E-state index is -0.00546. The van der Waals surface area contributed by atoms with E-state index in [2.05, 4.69) is 50.4 Å². The first-order valence-corrected chi connectivity index (χ1v) is 6.98. The molecule has 1 fully saturated rings. The highest BCUT2D eigenvalue weighted by atomic mass is 35.5. The van der Waals surface area contributed by atoms with E-state index in [1.54, 1.807) is 0 Å². The lowest BCUT2D eigenvalue weighted by atomic mass is 9.82. The monoisotopic (exact) mass is 318 g/mol. The van der Waals surface area contributed by atoms with Crippen molar-refractivity contribution in [3.05, 3.63) is 35.4 Å². The number of hydrogen-bond acceptors (Lipinski definition) is 2. The van der Waals surface area contributed by atoms with Crippen LogP contribution >= 0.6 is 24.8 Å². The Bertz CT molecular complexity index is 390. The highest BCUT2D eigenvalue weighted by molar-refractivity contribution is 5.85. The summed E-state index contributed by atoms with van der Waals surface area (Å²) in [4.78, 5) is 0. The molecule has 0 radical (unpaired) electrons. The minimum Gasteiger partial charge on any atom is -0.325 e. The van der Waals surface area contributed by atoms with Gasteiger partial charge in [0.1, 0.15) is 0 Å². The van der Waals surface area contributed by atoms with Gasteiger partial charge in [-0.3, -0.25) is 0 Å². The molecule has 1 heterocycles. The van der Waals surface area contributed by atoms with E-state index >= 15 is 0 Å². The zero-order valence-electron chi connectivity index (χ0n) is 12.7. The van der Waals surface area contributed by atoms with Crippen LogP contribution in [0.2, 0.25) is 0 Å². The molecule has 0 spiro atoms. The zero-order chi connectivity index (χ0) is 13.2. The number of piperidine rings is 1. The van der Waals surface area contributed by atoms with E-state index in [1.807, 2.05) is 0 Å². The molecule has 1 aliphatic rings. The van der Waals surface area contributed by atoms with Crippen LogP contribution in [0.15, 0.2) is 24.3 Å². The number of benzene rings is 1. The van der Waals surface area contributed by atoms with Crippen molar-refractivity contribution in [2.24, 2.45) is 5.73 Å². The van der Waals surface area contributed by atoms with Gasteiger partial charge in [-0.25, -0.2) is 0 Å². The van der Waals surface area contributed by atoms with Crippen molar-refractivity contribution in [3.8, 4) is 0 Å². The topological polar surface area (TPSA) is 38.0 Å². The van der Waals surface area contributed by atoms with Gasteiger partial charge in [-0.15, -0.1) is 24.8 Å². The molecule has 2 nitrogen and oxygen atoms in total. The average Bonchev–Trinajstić information content (AvgIpc) is 2.29. The third kappa shape index (κ3) is 5.25. The van der Waals surface area contributed by atoms with Crippen LogP contribution in [0.5, 0.6) is 0 Å². The Hall–Kier alpha value is -0.280. The lowest BCUT2D eigenvalue weighted by Crippen LogP contribution is -2.50. The van der Waals surface area contributed by atoms with Crippen molar-refractivity contribution in [2.75, 3.05) is 13.1 Å². The highest BCUT2D eigenvalue weighted by Gasteiger charge is 2.27. The second kappa shape index (κ2) is 7.65. The molecular formula is C16H28Cl2N2. The molecule has 0 atom stereocenters. The molecule has 4 heteroatoms. The molecule has 20 heavy (non-hydrogen) atoms. The first-order chi connectivity index (χ1) is 8.39. The zero-order valence-corrected chi connectivity index (χ0v) is 14.4. The Labute approximate surface area is 135 Å². The van der Waals surface area contributed by atoms with E-state index in [4.69, 9.17) is 5.73 Å². The smallest absolute Gasteiger partial charge is 0.0219 e. The molecule has 116 valence electrons. The number of hydrogen-bond donors (Lipinski definition) is 2. The fraction of sp³-hybridized carbons (Fsp3) is 0.625. The fourth-order valence-corrected chi connectivity index (χ4v) is 2.63. The first kappa shape index (κ1) is 19.7. The van der Waals surface area contributed by atoms with Crippen LogP contribution in [0.1, 0.15) is 44.7 Å². The maximum Gasteiger partial charge on any atom is 0.0219 e. The molecule has 1 aromatic rings. The maximum atomic E-state index is 6.47. The molecule has 1 aromatic carbocycles. The molecule has 1 saturated heterocycles. The van der Waals surface area contributed by atoms with Crippen LogP contribution in [0.3, 0.4) is 0 Å². The third-order valence-corrected chi connectivity index (χ3v) is 3.98. The van der Waals surface area contributed by atoms with Crippen LogP contribution in [-0.4, -0.2) is 18.6 Å². The van der Waals surface area contributed by atoms with Crippen LogP contribution in [-0.2, 0) is 11.8 Å². The summed E-state index contributed by atoms with van der Waals surface area (Å²) in [6, 6.07) is 8.99. The van der Waals surface area contributed by atoms with Gasteiger partial charge in [-0.2, -0.15) is 0 Å². The molecule has 2 rings (SSSR count). The number of halogens is 2. The molecule has 0 saturated carbocycles. The summed E-state index contributed by atoms with van der Waals surface area (Å²) >= 11 is 0. The second-order valence-corrected chi connectivity index (χ2v) is 6.74. The van der Waals surface area contributed by atoms with E-state index in [9.17, 15) is 0 Å². The molecular weight excluding hydrogens is 291 g/mol. The summed E-state index contributed by atoms with van der Waals surface area (Å²) in [5.74, 6) is 0. The van der Waals surface area contributed by atoms with Crippen LogP contribution in [0.4, 0.5) is 0 Å². The molecule has 0 aliphatic carbocycles. The van der Waals surface area contributed by atoms with E-state index in [1.165, 1.54) is 11.1 Å². The Balaban J connectivity index is 0.00000180. The van der Waals surface area contributed by atoms with Gasteiger partial charge in [-0.05, 0) is 48.9 Å². The lowest BCUT2D eigenvalue weighted by Gasteiger charge is -2.34. The standard InChI is InChI=1S/C16H26N2.2ClH/c1-15(2,3)14-6-4-13(5-7-14)12-16(17)8-10-18-11-9-16;;/h4-7,18H,8-12,17H2,1-3H3;2*1H. The SMILES string of the molecule is CC(C)(C)c1ccc(CC2(N)CCNCC2)cc1.Cl.Cl. The molecule has 0 unspecified atom stereocenters. The summed E-state index contributed by atoms with van der Waals surface area (Å²) in [5.41, 5.74) is 9.46. The van der Waals surface area contributed by atoms with Crippen molar-refractivity contribution in [3.63, 3.8) is 0 Å². The van der Waals surface area contributed by atoms with Gasteiger partial charge < -0.3 is 11.1 Å². The van der Waals surface area contributed by atoms with Crippen molar-refractivity contribution >= 4 is 24.8 Å². The normalized spacial score (nSPS) is 17.8. The number of nitrogens with one attached hydrogen (secondary N) is 1. The molecule has 0 amide bonds. The first-order valence-electron chi connectivity index (χ1n) is 6.98. The van der Waals surface area contributed by atoms with Gasteiger partial charge >= 0.3 is 0 Å². The predicted molar refractivity (Wildman–Crippen MR) is 92.4 cm³/mol. The summed E-state index contributed by atoms with van der Waals surface area (Å²) in [6.07, 6.45) is 3.15. The van der Waals surface area contributed by atoms with E-state index in [0.29, 0.717) is 0 Å². The van der Waals surface area contributed by atoms with Crippen molar-refractivity contribution in [2.45, 2.75) is 51.0 Å². The largest absolute Gasteiger partial charge is 0.325 e. The third-order valence-electron chi connectivity index (χ3n) is 3.98. The van der Waals surface area contributed by atoms with Gasteiger partial charge in [-0.1, -0.05) is 45.0 Å². The van der Waals surface area contributed by atoms with Crippen molar-refractivity contribution < 1.29 is 0 Å². The van der Waals surface area contributed by atoms with E-state index in [0.717, 1.165) is 32.4 Å². The van der Waals surface area contributed by atoms with E-state index < -0.39 is 0 Å². The summed E-state index contributed by atoms with van der Waals surface area (Å²) in [5, 5.41) is 3.37.